The Hall–Kier alpha value is -2.94. The fourth-order valence-electron chi connectivity index (χ4n) is 1.94. The van der Waals surface area contributed by atoms with Gasteiger partial charge < -0.3 is 4.74 Å². The lowest BCUT2D eigenvalue weighted by molar-refractivity contribution is -0.384. The highest BCUT2D eigenvalue weighted by atomic mass is 32.2. The van der Waals surface area contributed by atoms with Crippen LogP contribution in [0.4, 0.5) is 10.5 Å². The molecule has 0 aliphatic carbocycles. The van der Waals surface area contributed by atoms with Gasteiger partial charge in [0, 0.05) is 12.1 Å². The monoisotopic (exact) mass is 362 g/mol. The van der Waals surface area contributed by atoms with E-state index in [0.29, 0.717) is 5.56 Å². The molecule has 0 unspecified atom stereocenters. The van der Waals surface area contributed by atoms with E-state index in [0.717, 1.165) is 16.7 Å². The van der Waals surface area contributed by atoms with E-state index in [1.165, 1.54) is 18.2 Å². The van der Waals surface area contributed by atoms with E-state index in [1.807, 2.05) is 0 Å². The van der Waals surface area contributed by atoms with E-state index in [2.05, 4.69) is 0 Å². The largest absolute Gasteiger partial charge is 0.465 e. The standard InChI is InChI=1S/C16H14N2O6S/c1-2-24-14(19)10-17-15(20)13(25-16(17)21)5-3-4-11-6-8-12(9-7-11)18(22)23/h3-9H,2,10H2,1H3/b4-3+,13-5-. The second-order valence-corrected chi connectivity index (χ2v) is 5.80. The number of imide groups is 1. The number of hydrogen-bond donors (Lipinski definition) is 0. The Kier molecular flexibility index (Phi) is 6.07. The van der Waals surface area contributed by atoms with Crippen molar-refractivity contribution in [3.63, 3.8) is 0 Å². The third-order valence-electron chi connectivity index (χ3n) is 3.11. The Labute approximate surface area is 147 Å². The molecule has 130 valence electrons. The van der Waals surface area contributed by atoms with Gasteiger partial charge in [0.05, 0.1) is 16.4 Å². The second kappa shape index (κ2) is 8.25. The van der Waals surface area contributed by atoms with E-state index < -0.39 is 28.6 Å². The minimum absolute atomic E-state index is 0.0164. The van der Waals surface area contributed by atoms with Crippen LogP contribution in [0.25, 0.3) is 6.08 Å². The van der Waals surface area contributed by atoms with Gasteiger partial charge in [-0.25, -0.2) is 0 Å². The maximum Gasteiger partial charge on any atom is 0.326 e. The summed E-state index contributed by atoms with van der Waals surface area (Å²) in [5.41, 5.74) is 0.685. The number of nitrogens with zero attached hydrogens (tertiary/aromatic N) is 2. The van der Waals surface area contributed by atoms with E-state index in [9.17, 15) is 24.5 Å². The van der Waals surface area contributed by atoms with Crippen LogP contribution < -0.4 is 0 Å². The third kappa shape index (κ3) is 4.77. The van der Waals surface area contributed by atoms with Gasteiger partial charge in [-0.1, -0.05) is 12.2 Å². The Balaban J connectivity index is 2.03. The first-order valence-electron chi connectivity index (χ1n) is 7.24. The van der Waals surface area contributed by atoms with E-state index in [4.69, 9.17) is 4.74 Å². The zero-order chi connectivity index (χ0) is 18.4. The fraction of sp³-hybridized carbons (Fsp3) is 0.188. The molecule has 1 fully saturated rings. The number of carbonyl (C=O) groups excluding carboxylic acids is 3. The van der Waals surface area contributed by atoms with Crippen molar-refractivity contribution in [2.24, 2.45) is 0 Å². The summed E-state index contributed by atoms with van der Waals surface area (Å²) in [4.78, 5) is 46.4. The predicted molar refractivity (Wildman–Crippen MR) is 91.5 cm³/mol. The highest BCUT2D eigenvalue weighted by Crippen LogP contribution is 2.30. The van der Waals surface area contributed by atoms with Crippen molar-refractivity contribution in [3.05, 3.63) is 57.0 Å². The number of carbonyl (C=O) groups is 3. The van der Waals surface area contributed by atoms with Crippen LogP contribution in [-0.2, 0) is 14.3 Å². The van der Waals surface area contributed by atoms with Crippen LogP contribution in [0.15, 0.2) is 41.3 Å². The molecule has 25 heavy (non-hydrogen) atoms. The number of non-ortho nitro benzene ring substituents is 1. The zero-order valence-electron chi connectivity index (χ0n) is 13.2. The molecular weight excluding hydrogens is 348 g/mol. The van der Waals surface area contributed by atoms with Crippen LogP contribution in [0, 0.1) is 10.1 Å². The first kappa shape index (κ1) is 18.4. The Morgan fingerprint density at radius 1 is 1.32 bits per heavy atom. The minimum Gasteiger partial charge on any atom is -0.465 e. The van der Waals surface area contributed by atoms with Crippen LogP contribution in [0.1, 0.15) is 12.5 Å². The van der Waals surface area contributed by atoms with Gasteiger partial charge in [-0.2, -0.15) is 0 Å². The van der Waals surface area contributed by atoms with Gasteiger partial charge in [0.1, 0.15) is 6.54 Å². The topological polar surface area (TPSA) is 107 Å². The summed E-state index contributed by atoms with van der Waals surface area (Å²) in [6.07, 6.45) is 4.66. The van der Waals surface area contributed by atoms with Crippen molar-refractivity contribution in [2.45, 2.75) is 6.92 Å². The molecule has 0 aromatic heterocycles. The van der Waals surface area contributed by atoms with Gasteiger partial charge in [-0.05, 0) is 42.5 Å². The molecule has 0 saturated carbocycles. The van der Waals surface area contributed by atoms with Crippen molar-refractivity contribution in [1.82, 2.24) is 4.90 Å². The fourth-order valence-corrected chi connectivity index (χ4v) is 2.73. The molecule has 1 aromatic rings. The van der Waals surface area contributed by atoms with E-state index in [1.54, 1.807) is 31.2 Å². The van der Waals surface area contributed by atoms with Crippen molar-refractivity contribution in [2.75, 3.05) is 13.2 Å². The Bertz CT molecular complexity index is 769. The van der Waals surface area contributed by atoms with Crippen LogP contribution in [0.3, 0.4) is 0 Å². The SMILES string of the molecule is CCOC(=O)CN1C(=O)S/C(=C\C=C\c2ccc([N+](=O)[O-])cc2)C1=O. The number of hydrogen-bond acceptors (Lipinski definition) is 7. The summed E-state index contributed by atoms with van der Waals surface area (Å²) in [6, 6.07) is 5.86. The molecule has 1 heterocycles. The maximum atomic E-state index is 12.1. The minimum atomic E-state index is -0.646. The number of esters is 1. The molecule has 1 saturated heterocycles. The first-order valence-corrected chi connectivity index (χ1v) is 8.06. The molecular formula is C16H14N2O6S. The van der Waals surface area contributed by atoms with Gasteiger partial charge in [0.25, 0.3) is 16.8 Å². The number of benzene rings is 1. The Morgan fingerprint density at radius 2 is 2.00 bits per heavy atom. The van der Waals surface area contributed by atoms with E-state index >= 15 is 0 Å². The summed E-state index contributed by atoms with van der Waals surface area (Å²) in [5.74, 6) is -1.20. The van der Waals surface area contributed by atoms with Crippen molar-refractivity contribution >= 4 is 40.6 Å². The van der Waals surface area contributed by atoms with Gasteiger partial charge in [-0.15, -0.1) is 0 Å². The number of amides is 2. The smallest absolute Gasteiger partial charge is 0.326 e. The molecule has 0 bridgehead atoms. The number of thioether (sulfide) groups is 1. The highest BCUT2D eigenvalue weighted by molar-refractivity contribution is 8.18. The lowest BCUT2D eigenvalue weighted by atomic mass is 10.2. The van der Waals surface area contributed by atoms with Crippen LogP contribution in [0.5, 0.6) is 0 Å². The average Bonchev–Trinajstić information content (AvgIpc) is 2.83. The number of rotatable bonds is 6. The summed E-state index contributed by atoms with van der Waals surface area (Å²) in [6.45, 7) is 1.39. The molecule has 9 heteroatoms. The molecule has 0 N–H and O–H groups in total. The average molecular weight is 362 g/mol. The number of nitro groups is 1. The molecule has 0 spiro atoms. The summed E-state index contributed by atoms with van der Waals surface area (Å²) >= 11 is 0.734. The van der Waals surface area contributed by atoms with Gasteiger partial charge in [0.2, 0.25) is 0 Å². The van der Waals surface area contributed by atoms with Crippen LogP contribution in [-0.4, -0.2) is 40.1 Å². The van der Waals surface area contributed by atoms with Crippen molar-refractivity contribution in [3.8, 4) is 0 Å². The lowest BCUT2D eigenvalue weighted by Gasteiger charge is -2.10. The molecule has 0 radical (unpaired) electrons. The number of ether oxygens (including phenoxy) is 1. The molecule has 1 aliphatic rings. The second-order valence-electron chi connectivity index (χ2n) is 4.80. The number of nitro benzene ring substituents is 1. The van der Waals surface area contributed by atoms with Gasteiger partial charge in [0.15, 0.2) is 0 Å². The summed E-state index contributed by atoms with van der Waals surface area (Å²) in [7, 11) is 0. The van der Waals surface area contributed by atoms with Gasteiger partial charge >= 0.3 is 5.97 Å². The molecule has 0 atom stereocenters. The summed E-state index contributed by atoms with van der Waals surface area (Å²) in [5, 5.41) is 10.0. The Morgan fingerprint density at radius 3 is 2.60 bits per heavy atom. The molecule has 1 aromatic carbocycles. The van der Waals surface area contributed by atoms with Gasteiger partial charge in [-0.3, -0.25) is 29.4 Å². The van der Waals surface area contributed by atoms with E-state index in [-0.39, 0.29) is 17.2 Å². The lowest BCUT2D eigenvalue weighted by Crippen LogP contribution is -2.34. The molecule has 2 amide bonds. The normalized spacial score (nSPS) is 16.0. The molecule has 1 aliphatic heterocycles. The van der Waals surface area contributed by atoms with Crippen LogP contribution >= 0.6 is 11.8 Å². The van der Waals surface area contributed by atoms with Crippen molar-refractivity contribution in [1.29, 1.82) is 0 Å². The predicted octanol–water partition coefficient (Wildman–Crippen LogP) is 2.75. The summed E-state index contributed by atoms with van der Waals surface area (Å²) < 4.78 is 4.73. The maximum absolute atomic E-state index is 12.1. The number of allylic oxidation sites excluding steroid dienone is 2. The molecule has 8 nitrogen and oxygen atoms in total. The quantitative estimate of drug-likeness (QED) is 0.331. The zero-order valence-corrected chi connectivity index (χ0v) is 14.0. The van der Waals surface area contributed by atoms with Crippen LogP contribution in [0.2, 0.25) is 0 Å². The van der Waals surface area contributed by atoms with Crippen molar-refractivity contribution < 1.29 is 24.0 Å². The molecule has 2 rings (SSSR count). The third-order valence-corrected chi connectivity index (χ3v) is 4.03. The highest BCUT2D eigenvalue weighted by Gasteiger charge is 2.36. The first-order chi connectivity index (χ1) is 11.9.